The van der Waals surface area contributed by atoms with E-state index in [4.69, 9.17) is 15.2 Å². The Bertz CT molecular complexity index is 481. The largest absolute Gasteiger partial charge is 0.493 e. The van der Waals surface area contributed by atoms with Crippen molar-refractivity contribution in [3.63, 3.8) is 0 Å². The van der Waals surface area contributed by atoms with Crippen molar-refractivity contribution in [2.45, 2.75) is 37.6 Å². The molecule has 3 rings (SSSR count). The van der Waals surface area contributed by atoms with Crippen LogP contribution in [0, 0.1) is 5.92 Å². The molecule has 0 unspecified atom stereocenters. The zero-order chi connectivity index (χ0) is 13.5. The second-order valence-corrected chi connectivity index (χ2v) is 6.76. The summed E-state index contributed by atoms with van der Waals surface area (Å²) in [6, 6.07) is 4.16. The molecular formula is C15H20BrNO2. The van der Waals surface area contributed by atoms with E-state index in [9.17, 15) is 0 Å². The molecule has 4 heteroatoms. The van der Waals surface area contributed by atoms with E-state index in [-0.39, 0.29) is 5.54 Å². The maximum atomic E-state index is 6.18. The molecule has 0 atom stereocenters. The fraction of sp³-hybridized carbons (Fsp3) is 0.600. The number of rotatable bonds is 6. The van der Waals surface area contributed by atoms with Crippen LogP contribution >= 0.6 is 15.9 Å². The first-order chi connectivity index (χ1) is 9.09. The highest BCUT2D eigenvalue weighted by molar-refractivity contribution is 9.10. The van der Waals surface area contributed by atoms with Crippen LogP contribution in [0.2, 0.25) is 0 Å². The maximum Gasteiger partial charge on any atom is 0.175 e. The first kappa shape index (κ1) is 13.3. The molecule has 2 aliphatic rings. The van der Waals surface area contributed by atoms with Crippen LogP contribution in [0.15, 0.2) is 16.6 Å². The number of nitrogens with two attached hydrogens (primary N) is 1. The summed E-state index contributed by atoms with van der Waals surface area (Å²) in [5.41, 5.74) is 7.40. The molecule has 1 aromatic rings. The van der Waals surface area contributed by atoms with Gasteiger partial charge >= 0.3 is 0 Å². The normalized spacial score (nSPS) is 20.2. The molecule has 19 heavy (non-hydrogen) atoms. The molecule has 0 aromatic heterocycles. The van der Waals surface area contributed by atoms with Gasteiger partial charge in [-0.2, -0.15) is 0 Å². The molecule has 0 spiro atoms. The van der Waals surface area contributed by atoms with Gasteiger partial charge in [-0.3, -0.25) is 0 Å². The van der Waals surface area contributed by atoms with Crippen molar-refractivity contribution < 1.29 is 9.47 Å². The van der Waals surface area contributed by atoms with Crippen LogP contribution in [-0.4, -0.2) is 19.3 Å². The predicted molar refractivity (Wildman–Crippen MR) is 78.8 cm³/mol. The number of benzene rings is 1. The average molecular weight is 326 g/mol. The highest BCUT2D eigenvalue weighted by Gasteiger charge is 2.38. The van der Waals surface area contributed by atoms with Gasteiger partial charge in [0.2, 0.25) is 0 Å². The Morgan fingerprint density at radius 1 is 1.37 bits per heavy atom. The van der Waals surface area contributed by atoms with Crippen molar-refractivity contribution in [1.29, 1.82) is 0 Å². The Morgan fingerprint density at radius 2 is 2.11 bits per heavy atom. The molecule has 0 amide bonds. The third kappa shape index (κ3) is 3.23. The van der Waals surface area contributed by atoms with Crippen molar-refractivity contribution >= 4 is 15.9 Å². The van der Waals surface area contributed by atoms with Crippen LogP contribution in [0.3, 0.4) is 0 Å². The van der Waals surface area contributed by atoms with Gasteiger partial charge in [0.05, 0.1) is 18.2 Å². The fourth-order valence-corrected chi connectivity index (χ4v) is 2.85. The minimum atomic E-state index is 0.0147. The number of hydrogen-bond donors (Lipinski definition) is 1. The Balaban J connectivity index is 1.78. The molecule has 2 saturated carbocycles. The van der Waals surface area contributed by atoms with Gasteiger partial charge in [-0.15, -0.1) is 0 Å². The fourth-order valence-electron chi connectivity index (χ4n) is 2.24. The minimum absolute atomic E-state index is 0.0147. The molecule has 3 nitrogen and oxygen atoms in total. The number of methoxy groups -OCH3 is 1. The van der Waals surface area contributed by atoms with Crippen LogP contribution in [0.4, 0.5) is 0 Å². The molecule has 2 fully saturated rings. The Labute approximate surface area is 122 Å². The monoisotopic (exact) mass is 325 g/mol. The molecule has 104 valence electrons. The van der Waals surface area contributed by atoms with Gasteiger partial charge in [-0.1, -0.05) is 0 Å². The molecule has 0 heterocycles. The second-order valence-electron chi connectivity index (χ2n) is 5.90. The molecule has 0 radical (unpaired) electrons. The van der Waals surface area contributed by atoms with Crippen LogP contribution < -0.4 is 15.2 Å². The van der Waals surface area contributed by atoms with Crippen molar-refractivity contribution in [3.8, 4) is 11.5 Å². The Morgan fingerprint density at radius 3 is 2.68 bits per heavy atom. The minimum Gasteiger partial charge on any atom is -0.493 e. The van der Waals surface area contributed by atoms with Gasteiger partial charge in [0.25, 0.3) is 0 Å². The number of hydrogen-bond acceptors (Lipinski definition) is 3. The summed E-state index contributed by atoms with van der Waals surface area (Å²) in [7, 11) is 1.69. The van der Waals surface area contributed by atoms with Gasteiger partial charge in [-0.25, -0.2) is 0 Å². The topological polar surface area (TPSA) is 44.5 Å². The lowest BCUT2D eigenvalue weighted by molar-refractivity contribution is 0.278. The summed E-state index contributed by atoms with van der Waals surface area (Å²) < 4.78 is 12.3. The summed E-state index contributed by atoms with van der Waals surface area (Å²) >= 11 is 3.59. The smallest absolute Gasteiger partial charge is 0.175 e. The van der Waals surface area contributed by atoms with Crippen molar-refractivity contribution in [1.82, 2.24) is 0 Å². The van der Waals surface area contributed by atoms with E-state index < -0.39 is 0 Å². The van der Waals surface area contributed by atoms with Crippen LogP contribution in [0.25, 0.3) is 0 Å². The van der Waals surface area contributed by atoms with Gasteiger partial charge in [-0.05, 0) is 71.6 Å². The highest BCUT2D eigenvalue weighted by Crippen LogP contribution is 2.41. The molecular weight excluding hydrogens is 306 g/mol. The summed E-state index contributed by atoms with van der Waals surface area (Å²) in [5, 5.41) is 0. The molecule has 0 bridgehead atoms. The molecule has 1 aromatic carbocycles. The van der Waals surface area contributed by atoms with Crippen molar-refractivity contribution in [2.75, 3.05) is 13.7 Å². The lowest BCUT2D eigenvalue weighted by atomic mass is 10.0. The predicted octanol–water partition coefficient (Wildman–Crippen LogP) is 3.28. The average Bonchev–Trinajstić information content (AvgIpc) is 3.26. The first-order valence-electron chi connectivity index (χ1n) is 6.88. The molecule has 2 aliphatic carbocycles. The third-order valence-electron chi connectivity index (χ3n) is 3.90. The van der Waals surface area contributed by atoms with Gasteiger partial charge in [0, 0.05) is 5.54 Å². The summed E-state index contributed by atoms with van der Waals surface area (Å²) in [6.45, 7) is 0.787. The van der Waals surface area contributed by atoms with E-state index in [0.717, 1.165) is 47.8 Å². The van der Waals surface area contributed by atoms with E-state index in [1.54, 1.807) is 7.11 Å². The number of ether oxygens (including phenoxy) is 2. The van der Waals surface area contributed by atoms with E-state index in [2.05, 4.69) is 28.1 Å². The Hall–Kier alpha value is -0.740. The summed E-state index contributed by atoms with van der Waals surface area (Å²) in [5.74, 6) is 2.35. The number of halogens is 1. The zero-order valence-electron chi connectivity index (χ0n) is 11.2. The van der Waals surface area contributed by atoms with Gasteiger partial charge in [0.15, 0.2) is 11.5 Å². The second kappa shape index (κ2) is 4.98. The lowest BCUT2D eigenvalue weighted by Crippen LogP contribution is -2.24. The van der Waals surface area contributed by atoms with E-state index in [1.165, 1.54) is 18.4 Å². The Kier molecular flexibility index (Phi) is 3.48. The lowest BCUT2D eigenvalue weighted by Gasteiger charge is -2.16. The third-order valence-corrected chi connectivity index (χ3v) is 4.49. The van der Waals surface area contributed by atoms with E-state index in [1.807, 2.05) is 0 Å². The van der Waals surface area contributed by atoms with Gasteiger partial charge < -0.3 is 15.2 Å². The van der Waals surface area contributed by atoms with Crippen molar-refractivity contribution in [3.05, 3.63) is 22.2 Å². The standard InChI is InChI=1S/C15H20BrNO2/c1-18-13-7-11(8-15(17)4-5-15)6-12(16)14(13)19-9-10-2-3-10/h6-7,10H,2-5,8-9,17H2,1H3. The summed E-state index contributed by atoms with van der Waals surface area (Å²) in [4.78, 5) is 0. The van der Waals surface area contributed by atoms with E-state index >= 15 is 0 Å². The van der Waals surface area contributed by atoms with Crippen LogP contribution in [0.5, 0.6) is 11.5 Å². The quantitative estimate of drug-likeness (QED) is 0.872. The highest BCUT2D eigenvalue weighted by atomic mass is 79.9. The molecule has 0 saturated heterocycles. The molecule has 0 aliphatic heterocycles. The van der Waals surface area contributed by atoms with E-state index in [0.29, 0.717) is 0 Å². The summed E-state index contributed by atoms with van der Waals surface area (Å²) in [6.07, 6.45) is 5.71. The van der Waals surface area contributed by atoms with Crippen LogP contribution in [-0.2, 0) is 6.42 Å². The van der Waals surface area contributed by atoms with Gasteiger partial charge in [0.1, 0.15) is 0 Å². The molecule has 2 N–H and O–H groups in total. The van der Waals surface area contributed by atoms with Crippen molar-refractivity contribution in [2.24, 2.45) is 11.7 Å². The first-order valence-corrected chi connectivity index (χ1v) is 7.67. The zero-order valence-corrected chi connectivity index (χ0v) is 12.8. The van der Waals surface area contributed by atoms with Crippen LogP contribution in [0.1, 0.15) is 31.2 Å². The maximum absolute atomic E-state index is 6.18. The SMILES string of the molecule is COc1cc(CC2(N)CC2)cc(Br)c1OCC1CC1.